The molecule has 0 aliphatic carbocycles. The van der Waals surface area contributed by atoms with Crippen LogP contribution >= 0.6 is 11.8 Å². The fourth-order valence-corrected chi connectivity index (χ4v) is 3.62. The highest BCUT2D eigenvalue weighted by molar-refractivity contribution is 7.99. The Hall–Kier alpha value is -2.05. The third kappa shape index (κ3) is 4.03. The van der Waals surface area contributed by atoms with Gasteiger partial charge >= 0.3 is 0 Å². The van der Waals surface area contributed by atoms with E-state index in [-0.39, 0.29) is 11.9 Å². The van der Waals surface area contributed by atoms with Gasteiger partial charge in [-0.15, -0.1) is 0 Å². The van der Waals surface area contributed by atoms with Crippen LogP contribution in [0.15, 0.2) is 48.7 Å². The molecule has 1 saturated heterocycles. The minimum atomic E-state index is -0.283. The first-order valence-corrected chi connectivity index (χ1v) is 8.78. The molecule has 1 unspecified atom stereocenters. The molecule has 2 heterocycles. The van der Waals surface area contributed by atoms with Crippen LogP contribution in [0.4, 0.5) is 11.5 Å². The van der Waals surface area contributed by atoms with E-state index in [0.29, 0.717) is 11.5 Å². The van der Waals surface area contributed by atoms with Crippen molar-refractivity contribution in [3.05, 3.63) is 54.2 Å². The third-order valence-electron chi connectivity index (χ3n) is 3.83. The van der Waals surface area contributed by atoms with E-state index < -0.39 is 0 Å². The Kier molecular flexibility index (Phi) is 5.15. The Balaban J connectivity index is 1.82. The van der Waals surface area contributed by atoms with Crippen LogP contribution in [-0.2, 0) is 4.79 Å². The molecule has 23 heavy (non-hydrogen) atoms. The summed E-state index contributed by atoms with van der Waals surface area (Å²) in [5.74, 6) is 2.52. The van der Waals surface area contributed by atoms with Crippen LogP contribution in [0.3, 0.4) is 0 Å². The van der Waals surface area contributed by atoms with E-state index in [1.807, 2.05) is 42.1 Å². The fourth-order valence-electron chi connectivity index (χ4n) is 2.69. The van der Waals surface area contributed by atoms with E-state index >= 15 is 0 Å². The average Bonchev–Trinajstić information content (AvgIpc) is 2.59. The van der Waals surface area contributed by atoms with Crippen LogP contribution in [0.25, 0.3) is 0 Å². The fraction of sp³-hybridized carbons (Fsp3) is 0.294. The molecule has 0 saturated carbocycles. The van der Waals surface area contributed by atoms with Crippen molar-refractivity contribution >= 4 is 29.2 Å². The van der Waals surface area contributed by atoms with Gasteiger partial charge < -0.3 is 11.1 Å². The van der Waals surface area contributed by atoms with Crippen molar-refractivity contribution in [3.8, 4) is 0 Å². The minimum absolute atomic E-state index is 0.0327. The summed E-state index contributed by atoms with van der Waals surface area (Å²) in [4.78, 5) is 19.1. The topological polar surface area (TPSA) is 71.2 Å². The summed E-state index contributed by atoms with van der Waals surface area (Å²) >= 11 is 1.93. The largest absolute Gasteiger partial charge is 0.384 e. The quantitative estimate of drug-likeness (QED) is 0.902. The van der Waals surface area contributed by atoms with Gasteiger partial charge in [-0.3, -0.25) is 9.69 Å². The van der Waals surface area contributed by atoms with E-state index in [2.05, 4.69) is 15.2 Å². The first-order valence-electron chi connectivity index (χ1n) is 7.63. The van der Waals surface area contributed by atoms with Gasteiger partial charge in [0.05, 0.1) is 11.9 Å². The number of carbonyl (C=O) groups excluding carboxylic acids is 1. The summed E-state index contributed by atoms with van der Waals surface area (Å²) < 4.78 is 0. The second-order valence-electron chi connectivity index (χ2n) is 5.42. The summed E-state index contributed by atoms with van der Waals surface area (Å²) in [6, 6.07) is 13.1. The molecular weight excluding hydrogens is 308 g/mol. The van der Waals surface area contributed by atoms with E-state index in [1.54, 1.807) is 18.3 Å². The van der Waals surface area contributed by atoms with Crippen molar-refractivity contribution in [2.45, 2.75) is 6.04 Å². The number of nitrogens with zero attached hydrogens (tertiary/aromatic N) is 2. The molecule has 0 spiro atoms. The van der Waals surface area contributed by atoms with E-state index in [4.69, 9.17) is 5.73 Å². The number of hydrogen-bond donors (Lipinski definition) is 2. The van der Waals surface area contributed by atoms with Crippen LogP contribution in [-0.4, -0.2) is 40.4 Å². The first-order chi connectivity index (χ1) is 11.2. The van der Waals surface area contributed by atoms with E-state index in [9.17, 15) is 4.79 Å². The lowest BCUT2D eigenvalue weighted by Crippen LogP contribution is -2.41. The molecule has 3 rings (SSSR count). The zero-order valence-electron chi connectivity index (χ0n) is 12.8. The smallest absolute Gasteiger partial charge is 0.246 e. The molecule has 1 atom stereocenters. The van der Waals surface area contributed by atoms with Gasteiger partial charge in [-0.25, -0.2) is 4.98 Å². The third-order valence-corrected chi connectivity index (χ3v) is 4.77. The van der Waals surface area contributed by atoms with Crippen molar-refractivity contribution in [1.82, 2.24) is 9.88 Å². The molecule has 1 amide bonds. The highest BCUT2D eigenvalue weighted by Crippen LogP contribution is 2.25. The molecule has 120 valence electrons. The van der Waals surface area contributed by atoms with Gasteiger partial charge in [-0.05, 0) is 17.7 Å². The van der Waals surface area contributed by atoms with Crippen molar-refractivity contribution in [2.24, 2.45) is 0 Å². The lowest BCUT2D eigenvalue weighted by atomic mass is 10.0. The number of nitrogens with one attached hydrogen (secondary N) is 1. The monoisotopic (exact) mass is 328 g/mol. The molecule has 0 bridgehead atoms. The van der Waals surface area contributed by atoms with Gasteiger partial charge in [0.15, 0.2) is 0 Å². The number of carbonyl (C=O) groups is 1. The SMILES string of the molecule is Nc1ccc(NC(=O)C(c2ccccc2)N2CCSCC2)cn1. The van der Waals surface area contributed by atoms with Crippen molar-refractivity contribution in [1.29, 1.82) is 0 Å². The number of pyridine rings is 1. The summed E-state index contributed by atoms with van der Waals surface area (Å²) in [6.45, 7) is 1.83. The van der Waals surface area contributed by atoms with E-state index in [0.717, 1.165) is 30.2 Å². The van der Waals surface area contributed by atoms with Gasteiger partial charge in [0.1, 0.15) is 11.9 Å². The highest BCUT2D eigenvalue weighted by Gasteiger charge is 2.28. The first kappa shape index (κ1) is 15.8. The van der Waals surface area contributed by atoms with Crippen LogP contribution in [0.5, 0.6) is 0 Å². The maximum absolute atomic E-state index is 12.9. The summed E-state index contributed by atoms with van der Waals surface area (Å²) in [6.07, 6.45) is 1.58. The molecule has 1 aliphatic rings. The van der Waals surface area contributed by atoms with Gasteiger partial charge in [0.2, 0.25) is 5.91 Å². The number of anilines is 2. The molecule has 1 aliphatic heterocycles. The molecule has 3 N–H and O–H groups in total. The highest BCUT2D eigenvalue weighted by atomic mass is 32.2. The van der Waals surface area contributed by atoms with Crippen LogP contribution < -0.4 is 11.1 Å². The van der Waals surface area contributed by atoms with Crippen molar-refractivity contribution < 1.29 is 4.79 Å². The normalized spacial score (nSPS) is 16.7. The molecule has 0 radical (unpaired) electrons. The standard InChI is InChI=1S/C17H20N4OS/c18-15-7-6-14(12-19-15)20-17(22)16(13-4-2-1-3-5-13)21-8-10-23-11-9-21/h1-7,12,16H,8-11H2,(H2,18,19)(H,20,22). The Bertz CT molecular complexity index is 641. The number of hydrogen-bond acceptors (Lipinski definition) is 5. The Labute approximate surface area is 140 Å². The summed E-state index contributed by atoms with van der Waals surface area (Å²) in [5.41, 5.74) is 7.27. The molecule has 6 heteroatoms. The number of amides is 1. The predicted octanol–water partition coefficient (Wildman–Crippen LogP) is 2.39. The Morgan fingerprint density at radius 2 is 1.91 bits per heavy atom. The number of nitrogen functional groups attached to an aromatic ring is 1. The maximum Gasteiger partial charge on any atom is 0.246 e. The van der Waals surface area contributed by atoms with Gasteiger partial charge in [-0.1, -0.05) is 30.3 Å². The van der Waals surface area contributed by atoms with Crippen LogP contribution in [0, 0.1) is 0 Å². The molecule has 1 fully saturated rings. The van der Waals surface area contributed by atoms with Crippen molar-refractivity contribution in [3.63, 3.8) is 0 Å². The van der Waals surface area contributed by atoms with Crippen LogP contribution in [0.2, 0.25) is 0 Å². The zero-order chi connectivity index (χ0) is 16.1. The number of aromatic nitrogens is 1. The Morgan fingerprint density at radius 1 is 1.17 bits per heavy atom. The number of rotatable bonds is 4. The van der Waals surface area contributed by atoms with Crippen LogP contribution in [0.1, 0.15) is 11.6 Å². The maximum atomic E-state index is 12.9. The van der Waals surface area contributed by atoms with Gasteiger partial charge in [0.25, 0.3) is 0 Å². The molecular formula is C17H20N4OS. The number of thioether (sulfide) groups is 1. The minimum Gasteiger partial charge on any atom is -0.384 e. The summed E-state index contributed by atoms with van der Waals surface area (Å²) in [5, 5.41) is 2.96. The molecule has 1 aromatic carbocycles. The lowest BCUT2D eigenvalue weighted by Gasteiger charge is -2.33. The zero-order valence-corrected chi connectivity index (χ0v) is 13.6. The molecule has 5 nitrogen and oxygen atoms in total. The van der Waals surface area contributed by atoms with Crippen molar-refractivity contribution in [2.75, 3.05) is 35.6 Å². The summed E-state index contributed by atoms with van der Waals surface area (Å²) in [7, 11) is 0. The Morgan fingerprint density at radius 3 is 2.57 bits per heavy atom. The second kappa shape index (κ2) is 7.48. The number of benzene rings is 1. The average molecular weight is 328 g/mol. The molecule has 1 aromatic heterocycles. The second-order valence-corrected chi connectivity index (χ2v) is 6.65. The van der Waals surface area contributed by atoms with Gasteiger partial charge in [0, 0.05) is 24.6 Å². The lowest BCUT2D eigenvalue weighted by molar-refractivity contribution is -0.121. The van der Waals surface area contributed by atoms with Gasteiger partial charge in [-0.2, -0.15) is 11.8 Å². The number of nitrogens with two attached hydrogens (primary N) is 1. The predicted molar refractivity (Wildman–Crippen MR) is 95.4 cm³/mol. The molecule has 2 aromatic rings. The van der Waals surface area contributed by atoms with E-state index in [1.165, 1.54) is 0 Å².